The molecule has 2 aromatic rings. The second-order valence-electron chi connectivity index (χ2n) is 4.39. The molecular formula is C14H12BrFN2O3S. The van der Waals surface area contributed by atoms with E-state index in [1.807, 2.05) is 4.83 Å². The molecule has 0 aliphatic heterocycles. The molecule has 0 aliphatic carbocycles. The molecule has 0 radical (unpaired) electrons. The summed E-state index contributed by atoms with van der Waals surface area (Å²) in [6.07, 6.45) is -0.0707. The van der Waals surface area contributed by atoms with Gasteiger partial charge in [-0.3, -0.25) is 10.2 Å². The van der Waals surface area contributed by atoms with Gasteiger partial charge in [-0.1, -0.05) is 24.3 Å². The number of halogens is 2. The zero-order chi connectivity index (χ0) is 16.2. The SMILES string of the molecule is O=C(Cc1ccc(F)cc1)NNS(=O)(=O)c1ccccc1Br. The summed E-state index contributed by atoms with van der Waals surface area (Å²) in [5, 5.41) is 0. The zero-order valence-corrected chi connectivity index (χ0v) is 13.6. The fourth-order valence-electron chi connectivity index (χ4n) is 1.67. The van der Waals surface area contributed by atoms with Crippen LogP contribution in [0.4, 0.5) is 4.39 Å². The smallest absolute Gasteiger partial charge is 0.258 e. The van der Waals surface area contributed by atoms with Crippen LogP contribution in [0.3, 0.4) is 0 Å². The lowest BCUT2D eigenvalue weighted by Gasteiger charge is -2.09. The summed E-state index contributed by atoms with van der Waals surface area (Å²) in [6, 6.07) is 11.6. The normalized spacial score (nSPS) is 11.2. The Bertz CT molecular complexity index is 779. The van der Waals surface area contributed by atoms with Crippen molar-refractivity contribution in [3.63, 3.8) is 0 Å². The highest BCUT2D eigenvalue weighted by molar-refractivity contribution is 9.10. The van der Waals surface area contributed by atoms with Crippen LogP contribution in [0.15, 0.2) is 57.9 Å². The van der Waals surface area contributed by atoms with Gasteiger partial charge in [0.25, 0.3) is 10.0 Å². The van der Waals surface area contributed by atoms with Crippen molar-refractivity contribution in [2.75, 3.05) is 0 Å². The number of hydrogen-bond acceptors (Lipinski definition) is 3. The Labute approximate surface area is 135 Å². The molecular weight excluding hydrogens is 375 g/mol. The van der Waals surface area contributed by atoms with Gasteiger partial charge in [0, 0.05) is 4.47 Å². The number of carbonyl (C=O) groups is 1. The van der Waals surface area contributed by atoms with Crippen LogP contribution in [0.5, 0.6) is 0 Å². The van der Waals surface area contributed by atoms with E-state index >= 15 is 0 Å². The van der Waals surface area contributed by atoms with Gasteiger partial charge in [-0.05, 0) is 45.8 Å². The van der Waals surface area contributed by atoms with Crippen LogP contribution in [0.2, 0.25) is 0 Å². The molecule has 0 saturated heterocycles. The van der Waals surface area contributed by atoms with Gasteiger partial charge >= 0.3 is 0 Å². The summed E-state index contributed by atoms with van der Waals surface area (Å²) >= 11 is 3.13. The summed E-state index contributed by atoms with van der Waals surface area (Å²) in [5.41, 5.74) is 2.69. The first-order chi connectivity index (χ1) is 10.4. The van der Waals surface area contributed by atoms with E-state index in [-0.39, 0.29) is 11.3 Å². The van der Waals surface area contributed by atoms with E-state index in [0.29, 0.717) is 10.0 Å². The van der Waals surface area contributed by atoms with Crippen LogP contribution >= 0.6 is 15.9 Å². The fraction of sp³-hybridized carbons (Fsp3) is 0.0714. The van der Waals surface area contributed by atoms with E-state index in [0.717, 1.165) is 0 Å². The van der Waals surface area contributed by atoms with Gasteiger partial charge in [0.05, 0.1) is 11.3 Å². The van der Waals surface area contributed by atoms with Crippen molar-refractivity contribution in [1.82, 2.24) is 10.3 Å². The minimum Gasteiger partial charge on any atom is -0.277 e. The number of hydrazine groups is 1. The molecule has 0 saturated carbocycles. The number of benzene rings is 2. The molecule has 5 nitrogen and oxygen atoms in total. The van der Waals surface area contributed by atoms with Crippen LogP contribution in [-0.4, -0.2) is 14.3 Å². The van der Waals surface area contributed by atoms with Crippen molar-refractivity contribution in [3.8, 4) is 0 Å². The molecule has 2 rings (SSSR count). The summed E-state index contributed by atoms with van der Waals surface area (Å²) in [6.45, 7) is 0. The number of rotatable bonds is 5. The summed E-state index contributed by atoms with van der Waals surface area (Å²) in [7, 11) is -3.87. The molecule has 1 amide bonds. The van der Waals surface area contributed by atoms with Crippen LogP contribution < -0.4 is 10.3 Å². The van der Waals surface area contributed by atoms with E-state index in [1.54, 1.807) is 18.2 Å². The lowest BCUT2D eigenvalue weighted by molar-refractivity contribution is -0.120. The first-order valence-corrected chi connectivity index (χ1v) is 8.46. The highest BCUT2D eigenvalue weighted by Gasteiger charge is 2.17. The Kier molecular flexibility index (Phi) is 5.28. The Morgan fingerprint density at radius 3 is 2.36 bits per heavy atom. The quantitative estimate of drug-likeness (QED) is 0.772. The topological polar surface area (TPSA) is 75.3 Å². The zero-order valence-electron chi connectivity index (χ0n) is 11.2. The second-order valence-corrected chi connectivity index (χ2v) is 6.89. The molecule has 0 bridgehead atoms. The molecule has 22 heavy (non-hydrogen) atoms. The van der Waals surface area contributed by atoms with Crippen LogP contribution in [-0.2, 0) is 21.2 Å². The highest BCUT2D eigenvalue weighted by atomic mass is 79.9. The van der Waals surface area contributed by atoms with Crippen molar-refractivity contribution < 1.29 is 17.6 Å². The highest BCUT2D eigenvalue weighted by Crippen LogP contribution is 2.20. The molecule has 0 atom stereocenters. The van der Waals surface area contributed by atoms with E-state index in [2.05, 4.69) is 21.4 Å². The molecule has 0 aliphatic rings. The predicted octanol–water partition coefficient (Wildman–Crippen LogP) is 2.14. The molecule has 0 aromatic heterocycles. The predicted molar refractivity (Wildman–Crippen MR) is 82.7 cm³/mol. The van der Waals surface area contributed by atoms with Crippen molar-refractivity contribution in [3.05, 3.63) is 64.4 Å². The van der Waals surface area contributed by atoms with E-state index < -0.39 is 21.7 Å². The first kappa shape index (κ1) is 16.6. The number of hydrogen-bond donors (Lipinski definition) is 2. The fourth-order valence-corrected chi connectivity index (χ4v) is 3.54. The first-order valence-electron chi connectivity index (χ1n) is 6.18. The van der Waals surface area contributed by atoms with Crippen LogP contribution in [0, 0.1) is 5.82 Å². The standard InChI is InChI=1S/C14H12BrFN2O3S/c15-12-3-1-2-4-13(12)22(20,21)18-17-14(19)9-10-5-7-11(16)8-6-10/h1-8,18H,9H2,(H,17,19). The summed E-state index contributed by atoms with van der Waals surface area (Å²) in [5.74, 6) is -0.957. The molecule has 0 unspecified atom stereocenters. The molecule has 2 N–H and O–H groups in total. The van der Waals surface area contributed by atoms with Crippen LogP contribution in [0.25, 0.3) is 0 Å². The van der Waals surface area contributed by atoms with Gasteiger partial charge in [-0.15, -0.1) is 4.83 Å². The maximum atomic E-state index is 12.8. The van der Waals surface area contributed by atoms with Gasteiger partial charge in [0.15, 0.2) is 0 Å². The van der Waals surface area contributed by atoms with Gasteiger partial charge in [-0.25, -0.2) is 12.8 Å². The molecule has 116 valence electrons. The maximum Gasteiger partial charge on any atom is 0.258 e. The van der Waals surface area contributed by atoms with Gasteiger partial charge < -0.3 is 0 Å². The van der Waals surface area contributed by atoms with Crippen molar-refractivity contribution in [2.45, 2.75) is 11.3 Å². The minimum atomic E-state index is -3.87. The Balaban J connectivity index is 1.98. The van der Waals surface area contributed by atoms with Gasteiger partial charge in [0.1, 0.15) is 5.82 Å². The van der Waals surface area contributed by atoms with Crippen LogP contribution in [0.1, 0.15) is 5.56 Å². The average Bonchev–Trinajstić information content (AvgIpc) is 2.48. The monoisotopic (exact) mass is 386 g/mol. The minimum absolute atomic E-state index is 0.0112. The molecule has 2 aromatic carbocycles. The summed E-state index contributed by atoms with van der Waals surface area (Å²) in [4.78, 5) is 13.7. The average molecular weight is 387 g/mol. The Morgan fingerprint density at radius 2 is 1.73 bits per heavy atom. The number of nitrogens with one attached hydrogen (secondary N) is 2. The third kappa shape index (κ3) is 4.36. The molecule has 0 fully saturated rings. The largest absolute Gasteiger partial charge is 0.277 e. The third-order valence-electron chi connectivity index (χ3n) is 2.73. The van der Waals surface area contributed by atoms with Crippen molar-refractivity contribution in [2.24, 2.45) is 0 Å². The molecule has 0 spiro atoms. The van der Waals surface area contributed by atoms with Crippen molar-refractivity contribution >= 4 is 31.9 Å². The van der Waals surface area contributed by atoms with Gasteiger partial charge in [0.2, 0.25) is 5.91 Å². The Morgan fingerprint density at radius 1 is 1.09 bits per heavy atom. The molecule has 8 heteroatoms. The maximum absolute atomic E-state index is 12.8. The van der Waals surface area contributed by atoms with E-state index in [4.69, 9.17) is 0 Å². The van der Waals surface area contributed by atoms with E-state index in [9.17, 15) is 17.6 Å². The lowest BCUT2D eigenvalue weighted by atomic mass is 10.1. The van der Waals surface area contributed by atoms with Crippen molar-refractivity contribution in [1.29, 1.82) is 0 Å². The Hall–Kier alpha value is -1.77. The lowest BCUT2D eigenvalue weighted by Crippen LogP contribution is -2.42. The number of amides is 1. The summed E-state index contributed by atoms with van der Waals surface area (Å²) < 4.78 is 37.2. The van der Waals surface area contributed by atoms with E-state index in [1.165, 1.54) is 30.3 Å². The number of carbonyl (C=O) groups excluding carboxylic acids is 1. The molecule has 0 heterocycles. The third-order valence-corrected chi connectivity index (χ3v) is 4.99. The number of sulfonamides is 1. The second kappa shape index (κ2) is 6.99. The van der Waals surface area contributed by atoms with Gasteiger partial charge in [-0.2, -0.15) is 0 Å².